The number of nitrogen functional groups attached to an aromatic ring is 1. The number of rotatable bonds is 3. The SMILES string of the molecule is Cc1cc(S(=O)(=O)N2C[C@H](O)[C@@H](F)C2)ccc1-c1ccc2[nH]nc(N)c2c1C. The van der Waals surface area contributed by atoms with E-state index in [-0.39, 0.29) is 18.0 Å². The van der Waals surface area contributed by atoms with Gasteiger partial charge in [0.15, 0.2) is 5.82 Å². The fraction of sp³-hybridized carbons (Fsp3) is 0.316. The van der Waals surface area contributed by atoms with Gasteiger partial charge in [0.1, 0.15) is 12.3 Å². The number of aliphatic hydroxyl groups excluding tert-OH is 1. The molecule has 0 spiro atoms. The fourth-order valence-corrected chi connectivity index (χ4v) is 5.31. The maximum atomic E-state index is 13.6. The van der Waals surface area contributed by atoms with Crippen LogP contribution in [0.3, 0.4) is 0 Å². The summed E-state index contributed by atoms with van der Waals surface area (Å²) in [5.74, 6) is 0.416. The van der Waals surface area contributed by atoms with Gasteiger partial charge in [-0.3, -0.25) is 5.10 Å². The van der Waals surface area contributed by atoms with Gasteiger partial charge in [-0.05, 0) is 54.3 Å². The van der Waals surface area contributed by atoms with Gasteiger partial charge in [-0.25, -0.2) is 12.8 Å². The van der Waals surface area contributed by atoms with Crippen molar-refractivity contribution in [2.45, 2.75) is 31.0 Å². The highest BCUT2D eigenvalue weighted by molar-refractivity contribution is 7.89. The Bertz CT molecular complexity index is 1170. The van der Waals surface area contributed by atoms with E-state index in [0.29, 0.717) is 5.82 Å². The van der Waals surface area contributed by atoms with E-state index < -0.39 is 22.3 Å². The van der Waals surface area contributed by atoms with Crippen LogP contribution in [0.15, 0.2) is 35.2 Å². The van der Waals surface area contributed by atoms with E-state index in [1.165, 1.54) is 6.07 Å². The summed E-state index contributed by atoms with van der Waals surface area (Å²) in [6.45, 7) is 3.20. The van der Waals surface area contributed by atoms with Crippen molar-refractivity contribution < 1.29 is 17.9 Å². The van der Waals surface area contributed by atoms with Gasteiger partial charge in [0, 0.05) is 18.5 Å². The van der Waals surface area contributed by atoms with Crippen LogP contribution in [-0.2, 0) is 10.0 Å². The van der Waals surface area contributed by atoms with Crippen LogP contribution in [0.5, 0.6) is 0 Å². The van der Waals surface area contributed by atoms with E-state index in [2.05, 4.69) is 10.2 Å². The predicted octanol–water partition coefficient (Wildman–Crippen LogP) is 2.13. The monoisotopic (exact) mass is 404 g/mol. The van der Waals surface area contributed by atoms with Crippen LogP contribution in [0.4, 0.5) is 10.2 Å². The second-order valence-electron chi connectivity index (χ2n) is 7.15. The maximum absolute atomic E-state index is 13.6. The summed E-state index contributed by atoms with van der Waals surface area (Å²) >= 11 is 0. The van der Waals surface area contributed by atoms with Gasteiger partial charge in [0.2, 0.25) is 10.0 Å². The maximum Gasteiger partial charge on any atom is 0.243 e. The molecule has 1 aliphatic rings. The molecule has 148 valence electrons. The van der Waals surface area contributed by atoms with Crippen LogP contribution < -0.4 is 5.73 Å². The third-order valence-corrected chi connectivity index (χ3v) is 7.16. The first-order chi connectivity index (χ1) is 13.2. The first-order valence-corrected chi connectivity index (χ1v) is 10.3. The van der Waals surface area contributed by atoms with E-state index >= 15 is 0 Å². The average molecular weight is 404 g/mol. The number of aromatic nitrogens is 2. The number of hydrogen-bond acceptors (Lipinski definition) is 5. The van der Waals surface area contributed by atoms with Crippen molar-refractivity contribution in [3.8, 4) is 11.1 Å². The highest BCUT2D eigenvalue weighted by atomic mass is 32.2. The molecule has 1 aromatic heterocycles. The van der Waals surface area contributed by atoms with Gasteiger partial charge in [-0.15, -0.1) is 0 Å². The van der Waals surface area contributed by atoms with E-state index in [9.17, 15) is 17.9 Å². The lowest BCUT2D eigenvalue weighted by atomic mass is 9.94. The van der Waals surface area contributed by atoms with Crippen molar-refractivity contribution in [2.75, 3.05) is 18.8 Å². The number of nitrogens with two attached hydrogens (primary N) is 1. The summed E-state index contributed by atoms with van der Waals surface area (Å²) in [4.78, 5) is 0.0802. The van der Waals surface area contributed by atoms with Crippen molar-refractivity contribution in [3.63, 3.8) is 0 Å². The number of alkyl halides is 1. The van der Waals surface area contributed by atoms with Crippen LogP contribution in [0.25, 0.3) is 22.0 Å². The second kappa shape index (κ2) is 6.54. The molecule has 0 bridgehead atoms. The molecule has 2 aromatic carbocycles. The van der Waals surface area contributed by atoms with E-state index in [0.717, 1.165) is 37.5 Å². The number of anilines is 1. The Labute approximate surface area is 162 Å². The lowest BCUT2D eigenvalue weighted by molar-refractivity contribution is 0.117. The van der Waals surface area contributed by atoms with Crippen molar-refractivity contribution in [1.29, 1.82) is 0 Å². The molecule has 0 saturated carbocycles. The molecule has 9 heteroatoms. The minimum absolute atomic E-state index is 0.0802. The average Bonchev–Trinajstić information content (AvgIpc) is 3.19. The smallest absolute Gasteiger partial charge is 0.243 e. The molecule has 0 aliphatic carbocycles. The molecule has 2 atom stereocenters. The molecule has 1 fully saturated rings. The van der Waals surface area contributed by atoms with Gasteiger partial charge in [0.25, 0.3) is 0 Å². The van der Waals surface area contributed by atoms with E-state index in [1.807, 2.05) is 26.0 Å². The number of fused-ring (bicyclic) bond motifs is 1. The van der Waals surface area contributed by atoms with Gasteiger partial charge in [0.05, 0.1) is 10.4 Å². The second-order valence-corrected chi connectivity index (χ2v) is 9.09. The number of hydrogen-bond donors (Lipinski definition) is 3. The van der Waals surface area contributed by atoms with E-state index in [4.69, 9.17) is 5.73 Å². The number of H-pyrrole nitrogens is 1. The highest BCUT2D eigenvalue weighted by Crippen LogP contribution is 2.34. The molecular weight excluding hydrogens is 383 g/mol. The minimum atomic E-state index is -3.87. The first kappa shape index (κ1) is 18.9. The molecule has 1 aliphatic heterocycles. The van der Waals surface area contributed by atoms with Crippen LogP contribution in [0, 0.1) is 13.8 Å². The Morgan fingerprint density at radius 3 is 2.57 bits per heavy atom. The number of aryl methyl sites for hydroxylation is 2. The predicted molar refractivity (Wildman–Crippen MR) is 105 cm³/mol. The van der Waals surface area contributed by atoms with Crippen LogP contribution in [-0.4, -0.2) is 53.4 Å². The number of β-amino-alcohol motifs (C(OH)–C–C–N with tert-alkyl or cyclic N) is 1. The van der Waals surface area contributed by atoms with Crippen LogP contribution >= 0.6 is 0 Å². The first-order valence-electron chi connectivity index (χ1n) is 8.86. The molecule has 7 nitrogen and oxygen atoms in total. The summed E-state index contributed by atoms with van der Waals surface area (Å²) in [6, 6.07) is 8.66. The van der Waals surface area contributed by atoms with Crippen molar-refractivity contribution in [3.05, 3.63) is 41.5 Å². The zero-order valence-electron chi connectivity index (χ0n) is 15.5. The number of aromatic amines is 1. The molecule has 28 heavy (non-hydrogen) atoms. The Morgan fingerprint density at radius 1 is 1.21 bits per heavy atom. The Morgan fingerprint density at radius 2 is 1.93 bits per heavy atom. The largest absolute Gasteiger partial charge is 0.389 e. The molecule has 4 rings (SSSR count). The number of nitrogens with zero attached hydrogens (tertiary/aromatic N) is 2. The Kier molecular flexibility index (Phi) is 4.40. The summed E-state index contributed by atoms with van der Waals surface area (Å²) in [7, 11) is -3.87. The van der Waals surface area contributed by atoms with Gasteiger partial charge >= 0.3 is 0 Å². The van der Waals surface area contributed by atoms with E-state index in [1.54, 1.807) is 12.1 Å². The number of benzene rings is 2. The molecule has 1 saturated heterocycles. The van der Waals surface area contributed by atoms with Gasteiger partial charge in [-0.2, -0.15) is 9.40 Å². The molecule has 2 heterocycles. The Hall–Kier alpha value is -2.49. The Balaban J connectivity index is 1.75. The van der Waals surface area contributed by atoms with Crippen molar-refractivity contribution in [2.24, 2.45) is 0 Å². The third-order valence-electron chi connectivity index (χ3n) is 5.33. The molecule has 0 unspecified atom stereocenters. The molecule has 0 amide bonds. The lowest BCUT2D eigenvalue weighted by Crippen LogP contribution is -2.29. The normalized spacial score (nSPS) is 20.9. The number of aliphatic hydroxyl groups is 1. The lowest BCUT2D eigenvalue weighted by Gasteiger charge is -2.17. The number of halogens is 1. The molecule has 4 N–H and O–H groups in total. The summed E-state index contributed by atoms with van der Waals surface area (Å²) in [5.41, 5.74) is 10.3. The summed E-state index contributed by atoms with van der Waals surface area (Å²) < 4.78 is 40.2. The standard InChI is InChI=1S/C19H21FN4O3S/c1-10-7-12(28(26,27)24-8-15(20)17(25)9-24)3-4-13(10)14-5-6-16-18(11(14)2)19(21)23-22-16/h3-7,15,17,25H,8-9H2,1-2H3,(H3,21,22,23)/t15-,17-/m0/s1. The summed E-state index contributed by atoms with van der Waals surface area (Å²) in [5, 5.41) is 17.3. The summed E-state index contributed by atoms with van der Waals surface area (Å²) in [6.07, 6.45) is -2.85. The number of sulfonamides is 1. The van der Waals surface area contributed by atoms with Gasteiger partial charge in [-0.1, -0.05) is 12.1 Å². The number of nitrogens with one attached hydrogen (secondary N) is 1. The molecular formula is C19H21FN4O3S. The zero-order valence-corrected chi connectivity index (χ0v) is 16.3. The molecule has 3 aromatic rings. The minimum Gasteiger partial charge on any atom is -0.389 e. The third kappa shape index (κ3) is 2.86. The fourth-order valence-electron chi connectivity index (χ4n) is 3.76. The highest BCUT2D eigenvalue weighted by Gasteiger charge is 2.38. The van der Waals surface area contributed by atoms with Crippen molar-refractivity contribution in [1.82, 2.24) is 14.5 Å². The van der Waals surface area contributed by atoms with Crippen molar-refractivity contribution >= 4 is 26.7 Å². The van der Waals surface area contributed by atoms with Gasteiger partial charge < -0.3 is 10.8 Å². The topological polar surface area (TPSA) is 112 Å². The zero-order chi connectivity index (χ0) is 20.2. The quantitative estimate of drug-likeness (QED) is 0.619. The van der Waals surface area contributed by atoms with Crippen LogP contribution in [0.2, 0.25) is 0 Å². The van der Waals surface area contributed by atoms with Crippen LogP contribution in [0.1, 0.15) is 11.1 Å². The molecule has 0 radical (unpaired) electrons.